The first-order valence-corrected chi connectivity index (χ1v) is 7.39. The third kappa shape index (κ3) is 4.35. The molecule has 0 saturated carbocycles. The quantitative estimate of drug-likeness (QED) is 0.589. The van der Waals surface area contributed by atoms with Crippen molar-refractivity contribution in [2.24, 2.45) is 5.41 Å². The molecule has 1 aromatic rings. The van der Waals surface area contributed by atoms with Crippen LogP contribution in [0.5, 0.6) is 0 Å². The van der Waals surface area contributed by atoms with Crippen LogP contribution < -0.4 is 0 Å². The Balaban J connectivity index is 3.09. The molecule has 0 aromatic heterocycles. The topological polar surface area (TPSA) is 52.6 Å². The molecular weight excluding hydrogens is 315 g/mol. The molecule has 4 nitrogen and oxygen atoms in total. The summed E-state index contributed by atoms with van der Waals surface area (Å²) in [4.78, 5) is 24.3. The second-order valence-corrected chi connectivity index (χ2v) is 5.51. The summed E-state index contributed by atoms with van der Waals surface area (Å²) in [5.41, 5.74) is -0.712. The lowest BCUT2D eigenvalue weighted by Crippen LogP contribution is -2.41. The summed E-state index contributed by atoms with van der Waals surface area (Å²) in [6, 6.07) is 4.96. The van der Waals surface area contributed by atoms with Gasteiger partial charge in [0.05, 0.1) is 23.3 Å². The molecule has 0 radical (unpaired) electrons. The maximum atomic E-state index is 12.2. The Morgan fingerprint density at radius 3 is 2.00 bits per heavy atom. The second kappa shape index (κ2) is 7.66. The molecular formula is C15H18Cl2O4. The molecule has 0 unspecified atom stereocenters. The molecule has 0 N–H and O–H groups in total. The van der Waals surface area contributed by atoms with E-state index in [4.69, 9.17) is 32.7 Å². The van der Waals surface area contributed by atoms with Gasteiger partial charge < -0.3 is 9.47 Å². The number of halogens is 2. The zero-order valence-electron chi connectivity index (χ0n) is 12.2. The average Bonchev–Trinajstić information content (AvgIpc) is 2.43. The van der Waals surface area contributed by atoms with E-state index in [9.17, 15) is 9.59 Å². The number of ether oxygens (including phenoxy) is 2. The summed E-state index contributed by atoms with van der Waals surface area (Å²) in [7, 11) is 0. The first kappa shape index (κ1) is 17.8. The number of carbonyl (C=O) groups excluding carboxylic acids is 2. The third-order valence-corrected chi connectivity index (χ3v) is 3.73. The molecule has 116 valence electrons. The number of rotatable bonds is 6. The molecule has 0 aliphatic carbocycles. The Bertz CT molecular complexity index is 510. The van der Waals surface area contributed by atoms with Crippen LogP contribution in [0.2, 0.25) is 10.0 Å². The summed E-state index contributed by atoms with van der Waals surface area (Å²) < 4.78 is 10.0. The summed E-state index contributed by atoms with van der Waals surface area (Å²) >= 11 is 11.8. The second-order valence-electron chi connectivity index (χ2n) is 4.70. The predicted octanol–water partition coefficient (Wildman–Crippen LogP) is 3.67. The van der Waals surface area contributed by atoms with E-state index in [-0.39, 0.29) is 19.6 Å². The molecule has 0 saturated heterocycles. The van der Waals surface area contributed by atoms with Crippen LogP contribution in [-0.4, -0.2) is 25.2 Å². The van der Waals surface area contributed by atoms with E-state index in [1.54, 1.807) is 32.0 Å². The van der Waals surface area contributed by atoms with Gasteiger partial charge >= 0.3 is 11.9 Å². The van der Waals surface area contributed by atoms with Crippen molar-refractivity contribution in [3.63, 3.8) is 0 Å². The highest BCUT2D eigenvalue weighted by Crippen LogP contribution is 2.30. The highest BCUT2D eigenvalue weighted by Gasteiger charge is 2.44. The highest BCUT2D eigenvalue weighted by atomic mass is 35.5. The van der Waals surface area contributed by atoms with Gasteiger partial charge in [-0.1, -0.05) is 29.3 Å². The molecule has 0 fully saturated rings. The minimum absolute atomic E-state index is 0.127. The van der Waals surface area contributed by atoms with Gasteiger partial charge in [0.2, 0.25) is 0 Å². The van der Waals surface area contributed by atoms with Crippen molar-refractivity contribution in [2.45, 2.75) is 27.2 Å². The van der Waals surface area contributed by atoms with Gasteiger partial charge in [-0.3, -0.25) is 9.59 Å². The van der Waals surface area contributed by atoms with Gasteiger partial charge in [0, 0.05) is 0 Å². The Labute approximate surface area is 134 Å². The number of hydrogen-bond acceptors (Lipinski definition) is 4. The van der Waals surface area contributed by atoms with Gasteiger partial charge in [0.25, 0.3) is 0 Å². The lowest BCUT2D eigenvalue weighted by molar-refractivity contribution is -0.170. The SMILES string of the molecule is CCOC(=O)C(C)(Cc1ccc(Cl)c(Cl)c1)C(=O)OCC. The van der Waals surface area contributed by atoms with Gasteiger partial charge in [-0.05, 0) is 44.9 Å². The molecule has 0 amide bonds. The van der Waals surface area contributed by atoms with E-state index in [1.807, 2.05) is 0 Å². The Morgan fingerprint density at radius 1 is 1.05 bits per heavy atom. The summed E-state index contributed by atoms with van der Waals surface area (Å²) in [6.45, 7) is 5.25. The van der Waals surface area contributed by atoms with Gasteiger partial charge in [0.15, 0.2) is 5.41 Å². The van der Waals surface area contributed by atoms with Crippen LogP contribution in [0.3, 0.4) is 0 Å². The molecule has 0 aliphatic rings. The number of benzene rings is 1. The van der Waals surface area contributed by atoms with Crippen LogP contribution in [0.4, 0.5) is 0 Å². The Kier molecular flexibility index (Phi) is 6.49. The van der Waals surface area contributed by atoms with Crippen LogP contribution in [0, 0.1) is 5.41 Å². The standard InChI is InChI=1S/C15H18Cl2O4/c1-4-20-13(18)15(3,14(19)21-5-2)9-10-6-7-11(16)12(17)8-10/h6-8H,4-5,9H2,1-3H3. The molecule has 0 spiro atoms. The zero-order valence-corrected chi connectivity index (χ0v) is 13.8. The van der Waals surface area contributed by atoms with E-state index in [0.717, 1.165) is 0 Å². The summed E-state index contributed by atoms with van der Waals surface area (Å²) in [6.07, 6.45) is 0.127. The highest BCUT2D eigenvalue weighted by molar-refractivity contribution is 6.42. The number of hydrogen-bond donors (Lipinski definition) is 0. The minimum atomic E-state index is -1.41. The van der Waals surface area contributed by atoms with Crippen molar-refractivity contribution in [1.82, 2.24) is 0 Å². The van der Waals surface area contributed by atoms with Gasteiger partial charge in [-0.2, -0.15) is 0 Å². The van der Waals surface area contributed by atoms with Crippen molar-refractivity contribution in [2.75, 3.05) is 13.2 Å². The molecule has 0 aliphatic heterocycles. The molecule has 1 rings (SSSR count). The van der Waals surface area contributed by atoms with Gasteiger partial charge in [-0.25, -0.2) is 0 Å². The normalized spacial score (nSPS) is 11.1. The van der Waals surface area contributed by atoms with E-state index in [2.05, 4.69) is 0 Å². The fourth-order valence-corrected chi connectivity index (χ4v) is 2.19. The maximum absolute atomic E-state index is 12.2. The number of esters is 2. The monoisotopic (exact) mass is 332 g/mol. The molecule has 6 heteroatoms. The lowest BCUT2D eigenvalue weighted by Gasteiger charge is -2.25. The van der Waals surface area contributed by atoms with Gasteiger partial charge in [-0.15, -0.1) is 0 Å². The molecule has 0 bridgehead atoms. The molecule has 1 aromatic carbocycles. The van der Waals surface area contributed by atoms with E-state index in [0.29, 0.717) is 15.6 Å². The largest absolute Gasteiger partial charge is 0.465 e. The van der Waals surface area contributed by atoms with Crippen molar-refractivity contribution >= 4 is 35.1 Å². The minimum Gasteiger partial charge on any atom is -0.465 e. The van der Waals surface area contributed by atoms with Crippen LogP contribution in [0.15, 0.2) is 18.2 Å². The van der Waals surface area contributed by atoms with Gasteiger partial charge in [0.1, 0.15) is 0 Å². The van der Waals surface area contributed by atoms with E-state index in [1.165, 1.54) is 6.92 Å². The maximum Gasteiger partial charge on any atom is 0.323 e. The summed E-state index contributed by atoms with van der Waals surface area (Å²) in [5, 5.41) is 0.777. The predicted molar refractivity (Wildman–Crippen MR) is 81.5 cm³/mol. The van der Waals surface area contributed by atoms with Crippen molar-refractivity contribution in [1.29, 1.82) is 0 Å². The van der Waals surface area contributed by atoms with E-state index >= 15 is 0 Å². The van der Waals surface area contributed by atoms with Crippen molar-refractivity contribution < 1.29 is 19.1 Å². The first-order valence-electron chi connectivity index (χ1n) is 6.63. The number of carbonyl (C=O) groups is 2. The summed E-state index contributed by atoms with van der Waals surface area (Å²) in [5.74, 6) is -1.23. The van der Waals surface area contributed by atoms with Crippen molar-refractivity contribution in [3.8, 4) is 0 Å². The van der Waals surface area contributed by atoms with Crippen LogP contribution in [-0.2, 0) is 25.5 Å². The average molecular weight is 333 g/mol. The molecule has 0 heterocycles. The van der Waals surface area contributed by atoms with Crippen LogP contribution >= 0.6 is 23.2 Å². The third-order valence-electron chi connectivity index (χ3n) is 2.99. The Morgan fingerprint density at radius 2 is 1.57 bits per heavy atom. The van der Waals surface area contributed by atoms with Crippen molar-refractivity contribution in [3.05, 3.63) is 33.8 Å². The first-order chi connectivity index (χ1) is 9.85. The van der Waals surface area contributed by atoms with Crippen LogP contribution in [0.25, 0.3) is 0 Å². The zero-order chi connectivity index (χ0) is 16.0. The fourth-order valence-electron chi connectivity index (χ4n) is 1.87. The van der Waals surface area contributed by atoms with Crippen LogP contribution in [0.1, 0.15) is 26.3 Å². The molecule has 21 heavy (non-hydrogen) atoms. The van der Waals surface area contributed by atoms with E-state index < -0.39 is 17.4 Å². The smallest absolute Gasteiger partial charge is 0.323 e. The lowest BCUT2D eigenvalue weighted by atomic mass is 9.83. The fraction of sp³-hybridized carbons (Fsp3) is 0.467. The molecule has 0 atom stereocenters. The Hall–Kier alpha value is -1.26.